The van der Waals surface area contributed by atoms with E-state index in [-0.39, 0.29) is 5.82 Å². The molecule has 1 fully saturated rings. The maximum absolute atomic E-state index is 14.4. The molecule has 0 amide bonds. The molecule has 1 aliphatic heterocycles. The van der Waals surface area contributed by atoms with E-state index in [1.165, 1.54) is 18.0 Å². The molecule has 0 radical (unpaired) electrons. The zero-order valence-corrected chi connectivity index (χ0v) is 17.9. The van der Waals surface area contributed by atoms with Gasteiger partial charge in [-0.15, -0.1) is 0 Å². The molecule has 31 heavy (non-hydrogen) atoms. The van der Waals surface area contributed by atoms with Gasteiger partial charge in [0.05, 0.1) is 5.69 Å². The summed E-state index contributed by atoms with van der Waals surface area (Å²) < 4.78 is 16.2. The number of hydrogen-bond acceptors (Lipinski definition) is 5. The van der Waals surface area contributed by atoms with Gasteiger partial charge in [0.2, 0.25) is 0 Å². The van der Waals surface area contributed by atoms with Crippen LogP contribution < -0.4 is 9.80 Å². The van der Waals surface area contributed by atoms with Crippen molar-refractivity contribution in [1.82, 2.24) is 19.6 Å². The smallest absolute Gasteiger partial charge is 0.254 e. The predicted octanol–water partition coefficient (Wildman–Crippen LogP) is 4.14. The van der Waals surface area contributed by atoms with Gasteiger partial charge in [0, 0.05) is 48.9 Å². The molecule has 2 aromatic carbocycles. The Hall–Kier alpha value is -3.19. The average Bonchev–Trinajstić information content (AvgIpc) is 3.23. The van der Waals surface area contributed by atoms with Crippen molar-refractivity contribution >= 4 is 28.9 Å². The summed E-state index contributed by atoms with van der Waals surface area (Å²) in [5.74, 6) is 1.32. The Bertz CT molecular complexity index is 1220. The molecule has 0 atom stereocenters. The fraction of sp³-hybridized carbons (Fsp3) is 0.261. The standard InChI is InChI=1S/C23H22ClFN6/c1-16-19(13-17-5-3-2-4-6-17)22(31-23(28-16)26-15-27-31)30-11-9-29(10-12-30)21-8-7-18(24)14-20(21)25/h2-8,14-15H,9-13H2,1H3. The third-order valence-corrected chi connectivity index (χ3v) is 5.99. The summed E-state index contributed by atoms with van der Waals surface area (Å²) in [5, 5.41) is 4.86. The van der Waals surface area contributed by atoms with Crippen LogP contribution in [0.4, 0.5) is 15.9 Å². The normalized spacial score (nSPS) is 14.4. The SMILES string of the molecule is Cc1nc2ncnn2c(N2CCN(c3ccc(Cl)cc3F)CC2)c1Cc1ccccc1. The molecular weight excluding hydrogens is 415 g/mol. The minimum absolute atomic E-state index is 0.288. The average molecular weight is 437 g/mol. The Morgan fingerprint density at radius 3 is 2.48 bits per heavy atom. The zero-order valence-electron chi connectivity index (χ0n) is 17.2. The number of aryl methyl sites for hydroxylation is 1. The molecule has 1 aliphatic rings. The number of anilines is 2. The Morgan fingerprint density at radius 1 is 1.00 bits per heavy atom. The molecule has 8 heteroatoms. The van der Waals surface area contributed by atoms with Crippen LogP contribution in [0.5, 0.6) is 0 Å². The van der Waals surface area contributed by atoms with Gasteiger partial charge in [-0.25, -0.2) is 9.37 Å². The molecule has 0 unspecified atom stereocenters. The molecule has 158 valence electrons. The molecule has 6 nitrogen and oxygen atoms in total. The number of benzene rings is 2. The third kappa shape index (κ3) is 3.81. The number of nitrogens with zero attached hydrogens (tertiary/aromatic N) is 6. The van der Waals surface area contributed by atoms with Crippen molar-refractivity contribution in [3.8, 4) is 0 Å². The lowest BCUT2D eigenvalue weighted by molar-refractivity contribution is 0.592. The first-order chi connectivity index (χ1) is 15.1. The lowest BCUT2D eigenvalue weighted by atomic mass is 10.0. The molecule has 0 aliphatic carbocycles. The van der Waals surface area contributed by atoms with Crippen LogP contribution in [0.3, 0.4) is 0 Å². The summed E-state index contributed by atoms with van der Waals surface area (Å²) in [5.41, 5.74) is 3.89. The Labute approximate surface area is 184 Å². The molecule has 5 rings (SSSR count). The first kappa shape index (κ1) is 19.8. The van der Waals surface area contributed by atoms with Gasteiger partial charge in [-0.05, 0) is 30.7 Å². The summed E-state index contributed by atoms with van der Waals surface area (Å²) in [6, 6.07) is 15.2. The highest BCUT2D eigenvalue weighted by Gasteiger charge is 2.25. The summed E-state index contributed by atoms with van der Waals surface area (Å²) in [6.45, 7) is 4.89. The van der Waals surface area contributed by atoms with Crippen molar-refractivity contribution in [1.29, 1.82) is 0 Å². The van der Waals surface area contributed by atoms with Gasteiger partial charge < -0.3 is 9.80 Å². The van der Waals surface area contributed by atoms with Crippen molar-refractivity contribution in [3.63, 3.8) is 0 Å². The summed E-state index contributed by atoms with van der Waals surface area (Å²) in [4.78, 5) is 13.3. The first-order valence-corrected chi connectivity index (χ1v) is 10.7. The van der Waals surface area contributed by atoms with Gasteiger partial charge >= 0.3 is 0 Å². The largest absolute Gasteiger partial charge is 0.366 e. The molecule has 0 N–H and O–H groups in total. The fourth-order valence-corrected chi connectivity index (χ4v) is 4.36. The lowest BCUT2D eigenvalue weighted by Gasteiger charge is -2.38. The molecule has 0 spiro atoms. The van der Waals surface area contributed by atoms with Crippen LogP contribution in [0.1, 0.15) is 16.8 Å². The van der Waals surface area contributed by atoms with Crippen LogP contribution >= 0.6 is 11.6 Å². The van der Waals surface area contributed by atoms with Crippen molar-refractivity contribution < 1.29 is 4.39 Å². The molecule has 0 saturated carbocycles. The van der Waals surface area contributed by atoms with Gasteiger partial charge in [-0.1, -0.05) is 41.9 Å². The number of piperazine rings is 1. The van der Waals surface area contributed by atoms with Crippen LogP contribution in [0.2, 0.25) is 5.02 Å². The van der Waals surface area contributed by atoms with Crippen molar-refractivity contribution in [2.75, 3.05) is 36.0 Å². The van der Waals surface area contributed by atoms with Gasteiger partial charge in [0.15, 0.2) is 0 Å². The summed E-state index contributed by atoms with van der Waals surface area (Å²) in [6.07, 6.45) is 2.30. The van der Waals surface area contributed by atoms with Crippen molar-refractivity contribution in [2.45, 2.75) is 13.3 Å². The van der Waals surface area contributed by atoms with Gasteiger partial charge in [-0.3, -0.25) is 0 Å². The molecular formula is C23H22ClFN6. The van der Waals surface area contributed by atoms with Crippen LogP contribution in [-0.2, 0) is 6.42 Å². The summed E-state index contributed by atoms with van der Waals surface area (Å²) in [7, 11) is 0. The number of fused-ring (bicyclic) bond motifs is 1. The van der Waals surface area contributed by atoms with Crippen molar-refractivity contribution in [3.05, 3.63) is 82.5 Å². The van der Waals surface area contributed by atoms with Crippen molar-refractivity contribution in [2.24, 2.45) is 0 Å². The lowest BCUT2D eigenvalue weighted by Crippen LogP contribution is -2.48. The minimum Gasteiger partial charge on any atom is -0.366 e. The van der Waals surface area contributed by atoms with E-state index in [2.05, 4.69) is 37.0 Å². The molecule has 2 aromatic heterocycles. The third-order valence-electron chi connectivity index (χ3n) is 5.76. The quantitative estimate of drug-likeness (QED) is 0.481. The van der Waals surface area contributed by atoms with Gasteiger partial charge in [0.25, 0.3) is 5.78 Å². The van der Waals surface area contributed by atoms with Gasteiger partial charge in [0.1, 0.15) is 18.0 Å². The van der Waals surface area contributed by atoms with Crippen LogP contribution in [0.25, 0.3) is 5.78 Å². The maximum Gasteiger partial charge on any atom is 0.254 e. The first-order valence-electron chi connectivity index (χ1n) is 10.3. The summed E-state index contributed by atoms with van der Waals surface area (Å²) >= 11 is 5.91. The van der Waals surface area contributed by atoms with Crippen LogP contribution in [-0.4, -0.2) is 45.8 Å². The number of rotatable bonds is 4. The zero-order chi connectivity index (χ0) is 21.4. The Balaban J connectivity index is 1.47. The van der Waals surface area contributed by atoms with Crippen LogP contribution in [0.15, 0.2) is 54.9 Å². The number of aromatic nitrogens is 4. The van der Waals surface area contributed by atoms with Gasteiger partial charge in [-0.2, -0.15) is 14.6 Å². The molecule has 4 aromatic rings. The Kier molecular flexibility index (Phi) is 5.19. The maximum atomic E-state index is 14.4. The number of hydrogen-bond donors (Lipinski definition) is 0. The van der Waals surface area contributed by atoms with E-state index >= 15 is 0 Å². The molecule has 3 heterocycles. The van der Waals surface area contributed by atoms with E-state index in [0.29, 0.717) is 29.6 Å². The highest BCUT2D eigenvalue weighted by Crippen LogP contribution is 2.29. The van der Waals surface area contributed by atoms with E-state index < -0.39 is 0 Å². The van der Waals surface area contributed by atoms with Crippen LogP contribution in [0, 0.1) is 12.7 Å². The highest BCUT2D eigenvalue weighted by molar-refractivity contribution is 6.30. The second-order valence-corrected chi connectivity index (χ2v) is 8.14. The second-order valence-electron chi connectivity index (χ2n) is 7.70. The second kappa shape index (κ2) is 8.15. The number of halogens is 2. The van der Waals surface area contributed by atoms with E-state index in [1.54, 1.807) is 12.1 Å². The van der Waals surface area contributed by atoms with E-state index in [1.807, 2.05) is 29.6 Å². The van der Waals surface area contributed by atoms with E-state index in [9.17, 15) is 4.39 Å². The molecule has 0 bridgehead atoms. The fourth-order valence-electron chi connectivity index (χ4n) is 4.20. The topological polar surface area (TPSA) is 49.6 Å². The predicted molar refractivity (Wildman–Crippen MR) is 121 cm³/mol. The monoisotopic (exact) mass is 436 g/mol. The minimum atomic E-state index is -0.288. The molecule has 1 saturated heterocycles. The Morgan fingerprint density at radius 2 is 1.74 bits per heavy atom. The highest BCUT2D eigenvalue weighted by atomic mass is 35.5. The van der Waals surface area contributed by atoms with E-state index in [0.717, 1.165) is 36.6 Å². The van der Waals surface area contributed by atoms with E-state index in [4.69, 9.17) is 11.6 Å².